The molecule has 258 valence electrons. The first kappa shape index (κ1) is 34.1. The van der Waals surface area contributed by atoms with Crippen LogP contribution in [0.2, 0.25) is 0 Å². The summed E-state index contributed by atoms with van der Waals surface area (Å²) in [7, 11) is -3.93. The zero-order valence-corrected chi connectivity index (χ0v) is 28.6. The van der Waals surface area contributed by atoms with Gasteiger partial charge in [0.15, 0.2) is 0 Å². The largest absolute Gasteiger partial charge is 0.479 e. The zero-order chi connectivity index (χ0) is 34.4. The van der Waals surface area contributed by atoms with Crippen LogP contribution < -0.4 is 5.32 Å². The summed E-state index contributed by atoms with van der Waals surface area (Å²) in [6, 6.07) is 11.4. The van der Waals surface area contributed by atoms with E-state index in [1.807, 2.05) is 36.4 Å². The fourth-order valence-corrected chi connectivity index (χ4v) is 9.29. The Morgan fingerprint density at radius 1 is 1.02 bits per heavy atom. The lowest BCUT2D eigenvalue weighted by molar-refractivity contribution is -0.159. The first-order valence-electron chi connectivity index (χ1n) is 16.9. The monoisotopic (exact) mass is 679 g/mol. The minimum absolute atomic E-state index is 0.00181. The number of rotatable bonds is 5. The molecule has 11 nitrogen and oxygen atoms in total. The zero-order valence-electron chi connectivity index (χ0n) is 27.8. The van der Waals surface area contributed by atoms with Crippen LogP contribution in [-0.2, 0) is 33.9 Å². The molecule has 0 spiro atoms. The molecular formula is C36H45N3O8S. The summed E-state index contributed by atoms with van der Waals surface area (Å²) < 4.78 is 34.8. The lowest BCUT2D eigenvalue weighted by atomic mass is 9.92. The summed E-state index contributed by atoms with van der Waals surface area (Å²) in [4.78, 5) is 55.6. The molecule has 2 aromatic rings. The molecule has 1 aliphatic carbocycles. The number of allylic oxidation sites excluding steroid dienone is 1. The first-order chi connectivity index (χ1) is 22.7. The number of hydrogen-bond acceptors (Lipinski definition) is 7. The highest BCUT2D eigenvalue weighted by atomic mass is 32.2. The van der Waals surface area contributed by atoms with Gasteiger partial charge in [-0.1, -0.05) is 55.3 Å². The Hall–Kier alpha value is -3.77. The minimum atomic E-state index is -3.93. The van der Waals surface area contributed by atoms with E-state index >= 15 is 0 Å². The SMILES string of the molecule is CC(C)(C)OC(=O)C[C@@H]1CCCCC/C=C\[C@@H]2C[C@@]2(C(=O)O)NC(=O)[C@@H]2[C@H]3CN(S(=O)(=O)c4ccc5ccccc5c4)C[C@H]3CN2C1=O. The van der Waals surface area contributed by atoms with Crippen LogP contribution >= 0.6 is 0 Å². The van der Waals surface area contributed by atoms with Gasteiger partial charge >= 0.3 is 11.9 Å². The van der Waals surface area contributed by atoms with Crippen LogP contribution in [0.3, 0.4) is 0 Å². The summed E-state index contributed by atoms with van der Waals surface area (Å²) in [5, 5.41) is 14.7. The van der Waals surface area contributed by atoms with Gasteiger partial charge in [-0.25, -0.2) is 13.2 Å². The number of benzene rings is 2. The highest BCUT2D eigenvalue weighted by Gasteiger charge is 2.63. The van der Waals surface area contributed by atoms with Gasteiger partial charge in [0.2, 0.25) is 21.8 Å². The van der Waals surface area contributed by atoms with E-state index in [0.717, 1.165) is 30.0 Å². The maximum atomic E-state index is 14.4. The van der Waals surface area contributed by atoms with Gasteiger partial charge < -0.3 is 20.1 Å². The van der Waals surface area contributed by atoms with Crippen molar-refractivity contribution in [2.75, 3.05) is 19.6 Å². The van der Waals surface area contributed by atoms with Crippen LogP contribution in [0.15, 0.2) is 59.5 Å². The van der Waals surface area contributed by atoms with Crippen molar-refractivity contribution >= 4 is 44.5 Å². The maximum absolute atomic E-state index is 14.4. The highest BCUT2D eigenvalue weighted by Crippen LogP contribution is 2.47. The van der Waals surface area contributed by atoms with E-state index in [1.54, 1.807) is 39.0 Å². The number of esters is 1. The molecule has 1 saturated carbocycles. The van der Waals surface area contributed by atoms with Gasteiger partial charge in [0.25, 0.3) is 0 Å². The Morgan fingerprint density at radius 2 is 1.77 bits per heavy atom. The van der Waals surface area contributed by atoms with Crippen LogP contribution in [0.25, 0.3) is 10.8 Å². The van der Waals surface area contributed by atoms with Gasteiger partial charge in [-0.2, -0.15) is 4.31 Å². The molecule has 2 amide bonds. The number of carboxylic acid groups (broad SMARTS) is 1. The van der Waals surface area contributed by atoms with Crippen molar-refractivity contribution in [2.45, 2.75) is 87.8 Å². The average Bonchev–Trinajstić information content (AvgIpc) is 3.36. The molecule has 12 heteroatoms. The lowest BCUT2D eigenvalue weighted by Gasteiger charge is -2.32. The second kappa shape index (κ2) is 12.9. The molecule has 0 radical (unpaired) electrons. The standard InChI is InChI=1S/C36H45N3O8S/c1-35(2,3)47-30(40)18-25-13-7-5-4-6-8-14-27-19-36(27,34(43)44)37-32(41)31-29-22-38(20-26(29)21-39(31)33(25)42)48(45,46)28-16-15-23-11-9-10-12-24(23)17-28/h8-12,14-17,25-27,29,31H,4-7,13,18-22H2,1-3H3,(H,37,41)(H,43,44)/b14-8-/t25-,26-,27+,29-,31-,36+/m0/s1. The average molecular weight is 680 g/mol. The van der Waals surface area contributed by atoms with E-state index < -0.39 is 56.9 Å². The number of ether oxygens (including phenoxy) is 1. The number of carbonyl (C=O) groups is 4. The number of amides is 2. The maximum Gasteiger partial charge on any atom is 0.330 e. The highest BCUT2D eigenvalue weighted by molar-refractivity contribution is 7.89. The molecule has 0 unspecified atom stereocenters. The third-order valence-corrected chi connectivity index (χ3v) is 12.1. The van der Waals surface area contributed by atoms with Crippen molar-refractivity contribution in [3.05, 3.63) is 54.6 Å². The summed E-state index contributed by atoms with van der Waals surface area (Å²) >= 11 is 0. The molecule has 3 heterocycles. The smallest absolute Gasteiger partial charge is 0.330 e. The third-order valence-electron chi connectivity index (χ3n) is 10.3. The Balaban J connectivity index is 1.31. The Morgan fingerprint density at radius 3 is 2.50 bits per heavy atom. The Kier molecular flexibility index (Phi) is 9.18. The number of carboxylic acids is 1. The van der Waals surface area contributed by atoms with Gasteiger partial charge in [-0.15, -0.1) is 0 Å². The van der Waals surface area contributed by atoms with Crippen LogP contribution in [0.5, 0.6) is 0 Å². The van der Waals surface area contributed by atoms with E-state index in [-0.39, 0.29) is 55.1 Å². The number of sulfonamides is 1. The predicted octanol–water partition coefficient (Wildman–Crippen LogP) is 4.12. The van der Waals surface area contributed by atoms with Crippen LogP contribution in [-0.4, -0.2) is 83.3 Å². The molecule has 3 fully saturated rings. The van der Waals surface area contributed by atoms with Gasteiger partial charge in [0, 0.05) is 37.4 Å². The van der Waals surface area contributed by atoms with Gasteiger partial charge in [-0.3, -0.25) is 14.4 Å². The molecule has 6 rings (SSSR count). The van der Waals surface area contributed by atoms with Crippen molar-refractivity contribution in [3.63, 3.8) is 0 Å². The molecular weight excluding hydrogens is 634 g/mol. The number of aliphatic carboxylic acids is 1. The van der Waals surface area contributed by atoms with Crippen molar-refractivity contribution in [1.82, 2.24) is 14.5 Å². The molecule has 2 N–H and O–H groups in total. The Labute approximate surface area is 281 Å². The molecule has 2 saturated heterocycles. The molecule has 0 aromatic heterocycles. The lowest BCUT2D eigenvalue weighted by Crippen LogP contribution is -2.56. The summed E-state index contributed by atoms with van der Waals surface area (Å²) in [6.45, 7) is 5.53. The van der Waals surface area contributed by atoms with E-state index in [2.05, 4.69) is 5.32 Å². The van der Waals surface area contributed by atoms with Crippen LogP contribution in [0, 0.1) is 23.7 Å². The van der Waals surface area contributed by atoms with Crippen LogP contribution in [0.4, 0.5) is 0 Å². The minimum Gasteiger partial charge on any atom is -0.479 e. The van der Waals surface area contributed by atoms with Gasteiger partial charge in [0.1, 0.15) is 17.2 Å². The van der Waals surface area contributed by atoms with E-state index in [4.69, 9.17) is 4.74 Å². The molecule has 3 aliphatic heterocycles. The summed E-state index contributed by atoms with van der Waals surface area (Å²) in [5.41, 5.74) is -2.21. The normalized spacial score (nSPS) is 30.7. The fraction of sp³-hybridized carbons (Fsp3) is 0.556. The number of carbonyl (C=O) groups excluding carboxylic acids is 3. The number of hydrogen-bond donors (Lipinski definition) is 2. The van der Waals surface area contributed by atoms with E-state index in [1.165, 1.54) is 9.21 Å². The molecule has 0 bridgehead atoms. The predicted molar refractivity (Wildman–Crippen MR) is 178 cm³/mol. The topological polar surface area (TPSA) is 150 Å². The molecule has 48 heavy (non-hydrogen) atoms. The first-order valence-corrected chi connectivity index (χ1v) is 18.4. The van der Waals surface area contributed by atoms with E-state index in [0.29, 0.717) is 12.8 Å². The van der Waals surface area contributed by atoms with Crippen molar-refractivity contribution in [1.29, 1.82) is 0 Å². The van der Waals surface area contributed by atoms with Crippen molar-refractivity contribution in [2.24, 2.45) is 23.7 Å². The quantitative estimate of drug-likeness (QED) is 0.354. The van der Waals surface area contributed by atoms with E-state index in [9.17, 15) is 32.7 Å². The second-order valence-corrected chi connectivity index (χ2v) is 16.8. The number of nitrogens with one attached hydrogen (secondary N) is 1. The molecule has 6 atom stereocenters. The van der Waals surface area contributed by atoms with Crippen molar-refractivity contribution < 1.29 is 37.4 Å². The molecule has 2 aromatic carbocycles. The van der Waals surface area contributed by atoms with Crippen molar-refractivity contribution in [3.8, 4) is 0 Å². The van der Waals surface area contributed by atoms with Crippen LogP contribution in [0.1, 0.15) is 65.7 Å². The second-order valence-electron chi connectivity index (χ2n) is 14.8. The molecule has 4 aliphatic rings. The number of nitrogens with zero attached hydrogens (tertiary/aromatic N) is 2. The summed E-state index contributed by atoms with van der Waals surface area (Å²) in [5.74, 6) is -4.61. The van der Waals surface area contributed by atoms with Gasteiger partial charge in [-0.05, 0) is 75.3 Å². The van der Waals surface area contributed by atoms with Gasteiger partial charge in [0.05, 0.1) is 11.3 Å². The fourth-order valence-electron chi connectivity index (χ4n) is 7.72. The Bertz CT molecular complexity index is 1750. The third kappa shape index (κ3) is 6.74. The summed E-state index contributed by atoms with van der Waals surface area (Å²) in [6.07, 6.45) is 7.46. The number of fused-ring (bicyclic) bond motifs is 5.